The fraction of sp³-hybridized carbons (Fsp3) is 0.235. The number of hydrogen-bond donors (Lipinski definition) is 2. The van der Waals surface area contributed by atoms with Crippen molar-refractivity contribution in [2.75, 3.05) is 5.32 Å². The molecule has 0 radical (unpaired) electrons. The van der Waals surface area contributed by atoms with Crippen molar-refractivity contribution in [3.05, 3.63) is 53.7 Å². The van der Waals surface area contributed by atoms with Crippen molar-refractivity contribution in [1.82, 2.24) is 19.5 Å². The molecule has 0 aliphatic carbocycles. The van der Waals surface area contributed by atoms with E-state index in [1.165, 1.54) is 18.3 Å². The quantitative estimate of drug-likeness (QED) is 0.759. The summed E-state index contributed by atoms with van der Waals surface area (Å²) in [5.74, 6) is -1.28. The summed E-state index contributed by atoms with van der Waals surface area (Å²) < 4.78 is 16.7. The molecule has 1 atom stereocenters. The fourth-order valence-corrected chi connectivity index (χ4v) is 2.52. The minimum absolute atomic E-state index is 0.370. The van der Waals surface area contributed by atoms with Crippen molar-refractivity contribution < 1.29 is 14.0 Å². The molecule has 2 aromatic heterocycles. The molecule has 0 bridgehead atoms. The lowest BCUT2D eigenvalue weighted by atomic mass is 10.2. The average Bonchev–Trinajstić information content (AvgIpc) is 3.14. The van der Waals surface area contributed by atoms with Crippen LogP contribution in [0.3, 0.4) is 0 Å². The molecule has 7 nitrogen and oxygen atoms in total. The van der Waals surface area contributed by atoms with Crippen LogP contribution in [-0.4, -0.2) is 32.0 Å². The standard InChI is InChI=1S/C17H18FN5O2/c1-10-4-5-12(18)8-14(10)21-15(24)11(2)20-16(25)13-9-19-23-7-6-22(3)17(13)23/h4-9,11H,1-3H3,(H,20,25)(H,21,24)/t11-/m0/s1. The van der Waals surface area contributed by atoms with Gasteiger partial charge in [-0.2, -0.15) is 5.10 Å². The van der Waals surface area contributed by atoms with Crippen LogP contribution in [0, 0.1) is 12.7 Å². The number of aryl methyl sites for hydroxylation is 2. The Morgan fingerprint density at radius 2 is 2.04 bits per heavy atom. The Kier molecular flexibility index (Phi) is 4.26. The van der Waals surface area contributed by atoms with E-state index in [1.54, 1.807) is 48.4 Å². The van der Waals surface area contributed by atoms with Gasteiger partial charge in [0, 0.05) is 25.1 Å². The number of fused-ring (bicyclic) bond motifs is 1. The molecule has 0 aliphatic heterocycles. The van der Waals surface area contributed by atoms with E-state index in [0.717, 1.165) is 5.56 Å². The van der Waals surface area contributed by atoms with Crippen LogP contribution in [0.1, 0.15) is 22.8 Å². The number of nitrogens with zero attached hydrogens (tertiary/aromatic N) is 3. The molecular formula is C17H18FN5O2. The molecule has 0 unspecified atom stereocenters. The van der Waals surface area contributed by atoms with E-state index in [2.05, 4.69) is 15.7 Å². The van der Waals surface area contributed by atoms with Crippen molar-refractivity contribution >= 4 is 23.1 Å². The maximum Gasteiger partial charge on any atom is 0.257 e. The maximum atomic E-state index is 13.3. The number of imidazole rings is 1. The van der Waals surface area contributed by atoms with E-state index in [4.69, 9.17) is 0 Å². The molecule has 25 heavy (non-hydrogen) atoms. The third kappa shape index (κ3) is 3.23. The molecule has 2 amide bonds. The summed E-state index contributed by atoms with van der Waals surface area (Å²) in [4.78, 5) is 24.7. The molecule has 2 N–H and O–H groups in total. The number of halogens is 1. The Balaban J connectivity index is 1.71. The maximum absolute atomic E-state index is 13.3. The average molecular weight is 343 g/mol. The molecule has 0 spiro atoms. The second kappa shape index (κ2) is 6.39. The zero-order valence-electron chi connectivity index (χ0n) is 14.1. The van der Waals surface area contributed by atoms with Gasteiger partial charge in [-0.3, -0.25) is 9.59 Å². The number of nitrogens with one attached hydrogen (secondary N) is 2. The van der Waals surface area contributed by atoms with Crippen LogP contribution in [0.5, 0.6) is 0 Å². The predicted molar refractivity (Wildman–Crippen MR) is 90.9 cm³/mol. The summed E-state index contributed by atoms with van der Waals surface area (Å²) in [6.07, 6.45) is 4.96. The number of anilines is 1. The topological polar surface area (TPSA) is 80.4 Å². The van der Waals surface area contributed by atoms with Crippen LogP contribution in [0.2, 0.25) is 0 Å². The molecule has 0 fully saturated rings. The fourth-order valence-electron chi connectivity index (χ4n) is 2.52. The predicted octanol–water partition coefficient (Wildman–Crippen LogP) is 1.88. The minimum Gasteiger partial charge on any atom is -0.340 e. The Labute approximate surface area is 143 Å². The molecule has 130 valence electrons. The van der Waals surface area contributed by atoms with Crippen molar-refractivity contribution in [2.24, 2.45) is 7.05 Å². The van der Waals surface area contributed by atoms with E-state index in [0.29, 0.717) is 16.9 Å². The number of rotatable bonds is 4. The Morgan fingerprint density at radius 1 is 1.28 bits per heavy atom. The molecule has 2 heterocycles. The molecule has 3 rings (SSSR count). The summed E-state index contributed by atoms with van der Waals surface area (Å²) >= 11 is 0. The van der Waals surface area contributed by atoms with Gasteiger partial charge in [0.05, 0.1) is 6.20 Å². The lowest BCUT2D eigenvalue weighted by Crippen LogP contribution is -2.41. The summed E-state index contributed by atoms with van der Waals surface area (Å²) in [5, 5.41) is 9.35. The van der Waals surface area contributed by atoms with Gasteiger partial charge < -0.3 is 15.2 Å². The zero-order valence-corrected chi connectivity index (χ0v) is 14.1. The first-order valence-electron chi connectivity index (χ1n) is 7.73. The smallest absolute Gasteiger partial charge is 0.257 e. The van der Waals surface area contributed by atoms with Gasteiger partial charge in [0.25, 0.3) is 5.91 Å². The van der Waals surface area contributed by atoms with Crippen LogP contribution in [0.4, 0.5) is 10.1 Å². The Bertz CT molecular complexity index is 959. The molecule has 8 heteroatoms. The number of amides is 2. The lowest BCUT2D eigenvalue weighted by molar-refractivity contribution is -0.117. The number of hydrogen-bond acceptors (Lipinski definition) is 3. The highest BCUT2D eigenvalue weighted by Gasteiger charge is 2.21. The van der Waals surface area contributed by atoms with Crippen molar-refractivity contribution in [3.8, 4) is 0 Å². The number of benzene rings is 1. The highest BCUT2D eigenvalue weighted by Crippen LogP contribution is 2.16. The van der Waals surface area contributed by atoms with Crippen LogP contribution in [0.25, 0.3) is 5.65 Å². The molecule has 0 saturated carbocycles. The summed E-state index contributed by atoms with van der Waals surface area (Å²) in [6, 6.07) is 3.34. The van der Waals surface area contributed by atoms with E-state index in [1.807, 2.05) is 0 Å². The Hall–Kier alpha value is -3.16. The summed E-state index contributed by atoms with van der Waals surface area (Å²) in [6.45, 7) is 3.32. The third-order valence-corrected chi connectivity index (χ3v) is 3.98. The summed E-state index contributed by atoms with van der Waals surface area (Å²) in [7, 11) is 1.80. The molecular weight excluding hydrogens is 325 g/mol. The van der Waals surface area contributed by atoms with Crippen LogP contribution in [-0.2, 0) is 11.8 Å². The van der Waals surface area contributed by atoms with Crippen molar-refractivity contribution in [1.29, 1.82) is 0 Å². The second-order valence-electron chi connectivity index (χ2n) is 5.88. The van der Waals surface area contributed by atoms with Gasteiger partial charge in [0.15, 0.2) is 0 Å². The minimum atomic E-state index is -0.801. The highest BCUT2D eigenvalue weighted by molar-refractivity contribution is 6.04. The number of aromatic nitrogens is 3. The van der Waals surface area contributed by atoms with Gasteiger partial charge in [-0.1, -0.05) is 6.07 Å². The van der Waals surface area contributed by atoms with Gasteiger partial charge in [0.2, 0.25) is 5.91 Å². The zero-order chi connectivity index (χ0) is 18.1. The van der Waals surface area contributed by atoms with Gasteiger partial charge in [-0.05, 0) is 31.5 Å². The molecule has 0 saturated heterocycles. The van der Waals surface area contributed by atoms with E-state index in [9.17, 15) is 14.0 Å². The van der Waals surface area contributed by atoms with Gasteiger partial charge in [-0.25, -0.2) is 8.91 Å². The number of carbonyl (C=O) groups excluding carboxylic acids is 2. The lowest BCUT2D eigenvalue weighted by Gasteiger charge is -2.15. The van der Waals surface area contributed by atoms with E-state index >= 15 is 0 Å². The van der Waals surface area contributed by atoms with Crippen molar-refractivity contribution in [3.63, 3.8) is 0 Å². The molecule has 0 aliphatic rings. The van der Waals surface area contributed by atoms with E-state index in [-0.39, 0.29) is 0 Å². The first kappa shape index (κ1) is 16.7. The van der Waals surface area contributed by atoms with Crippen LogP contribution < -0.4 is 10.6 Å². The van der Waals surface area contributed by atoms with Crippen LogP contribution in [0.15, 0.2) is 36.8 Å². The van der Waals surface area contributed by atoms with Gasteiger partial charge in [0.1, 0.15) is 23.1 Å². The normalized spacial score (nSPS) is 12.2. The monoisotopic (exact) mass is 343 g/mol. The second-order valence-corrected chi connectivity index (χ2v) is 5.88. The molecule has 1 aromatic carbocycles. The number of carbonyl (C=O) groups is 2. The van der Waals surface area contributed by atoms with Crippen LogP contribution >= 0.6 is 0 Å². The van der Waals surface area contributed by atoms with Gasteiger partial charge in [-0.15, -0.1) is 0 Å². The van der Waals surface area contributed by atoms with Gasteiger partial charge >= 0.3 is 0 Å². The Morgan fingerprint density at radius 3 is 2.80 bits per heavy atom. The third-order valence-electron chi connectivity index (χ3n) is 3.98. The van der Waals surface area contributed by atoms with E-state index < -0.39 is 23.7 Å². The largest absolute Gasteiger partial charge is 0.340 e. The molecule has 3 aromatic rings. The van der Waals surface area contributed by atoms with Crippen molar-refractivity contribution in [2.45, 2.75) is 19.9 Å². The highest BCUT2D eigenvalue weighted by atomic mass is 19.1. The SMILES string of the molecule is Cc1ccc(F)cc1NC(=O)[C@H](C)NC(=O)c1cnn2ccn(C)c12. The first-order valence-corrected chi connectivity index (χ1v) is 7.73. The summed E-state index contributed by atoms with van der Waals surface area (Å²) in [5.41, 5.74) is 2.11. The first-order chi connectivity index (χ1) is 11.9.